The van der Waals surface area contributed by atoms with Crippen molar-refractivity contribution in [3.05, 3.63) is 35.9 Å². The van der Waals surface area contributed by atoms with Gasteiger partial charge in [0.25, 0.3) is 0 Å². The Morgan fingerprint density at radius 1 is 1.10 bits per heavy atom. The maximum absolute atomic E-state index is 12.3. The zero-order valence-corrected chi connectivity index (χ0v) is 11.3. The molecular formula is C15H18N2O3. The smallest absolute Gasteiger partial charge is 0.418 e. The lowest BCUT2D eigenvalue weighted by Gasteiger charge is -2.29. The number of carbonyl (C=O) groups excluding carboxylic acids is 2. The SMILES string of the molecule is O=C1OC(c2ccccc2)CN1C(=O)N1CCCCC1. The predicted octanol–water partition coefficient (Wildman–Crippen LogP) is 2.79. The van der Waals surface area contributed by atoms with Crippen molar-refractivity contribution in [2.45, 2.75) is 25.4 Å². The van der Waals surface area contributed by atoms with Crippen LogP contribution in [0.1, 0.15) is 30.9 Å². The van der Waals surface area contributed by atoms with Gasteiger partial charge in [0, 0.05) is 13.1 Å². The molecule has 1 atom stereocenters. The molecule has 2 aliphatic rings. The average molecular weight is 274 g/mol. The second-order valence-corrected chi connectivity index (χ2v) is 5.22. The Kier molecular flexibility index (Phi) is 3.58. The second-order valence-electron chi connectivity index (χ2n) is 5.22. The number of rotatable bonds is 1. The Balaban J connectivity index is 1.69. The molecule has 2 saturated heterocycles. The van der Waals surface area contributed by atoms with Crippen LogP contribution in [0.25, 0.3) is 0 Å². The molecule has 0 N–H and O–H groups in total. The molecule has 2 fully saturated rings. The zero-order valence-electron chi connectivity index (χ0n) is 11.3. The molecule has 3 rings (SSSR count). The first-order valence-electron chi connectivity index (χ1n) is 7.08. The molecule has 1 aromatic carbocycles. The van der Waals surface area contributed by atoms with Crippen molar-refractivity contribution in [3.63, 3.8) is 0 Å². The van der Waals surface area contributed by atoms with E-state index in [1.165, 1.54) is 4.90 Å². The van der Waals surface area contributed by atoms with E-state index in [2.05, 4.69) is 0 Å². The van der Waals surface area contributed by atoms with Crippen molar-refractivity contribution in [2.75, 3.05) is 19.6 Å². The lowest BCUT2D eigenvalue weighted by Crippen LogP contribution is -2.45. The topological polar surface area (TPSA) is 49.9 Å². The van der Waals surface area contributed by atoms with Crippen LogP contribution in [0.2, 0.25) is 0 Å². The summed E-state index contributed by atoms with van der Waals surface area (Å²) in [4.78, 5) is 27.2. The Hall–Kier alpha value is -2.04. The summed E-state index contributed by atoms with van der Waals surface area (Å²) in [6, 6.07) is 9.32. The largest absolute Gasteiger partial charge is 0.439 e. The zero-order chi connectivity index (χ0) is 13.9. The molecule has 0 saturated carbocycles. The first kappa shape index (κ1) is 13.0. The van der Waals surface area contributed by atoms with Crippen LogP contribution < -0.4 is 0 Å². The van der Waals surface area contributed by atoms with Crippen LogP contribution >= 0.6 is 0 Å². The van der Waals surface area contributed by atoms with E-state index in [0.717, 1.165) is 37.9 Å². The standard InChI is InChI=1S/C15H18N2O3/c18-14(16-9-5-2-6-10-16)17-11-13(20-15(17)19)12-7-3-1-4-8-12/h1,3-4,7-8,13H,2,5-6,9-11H2. The van der Waals surface area contributed by atoms with E-state index in [9.17, 15) is 9.59 Å². The monoisotopic (exact) mass is 274 g/mol. The summed E-state index contributed by atoms with van der Waals surface area (Å²) in [5, 5.41) is 0. The molecule has 0 spiro atoms. The lowest BCUT2D eigenvalue weighted by molar-refractivity contribution is 0.127. The van der Waals surface area contributed by atoms with Crippen molar-refractivity contribution in [2.24, 2.45) is 0 Å². The quantitative estimate of drug-likeness (QED) is 0.791. The molecular weight excluding hydrogens is 256 g/mol. The van der Waals surface area contributed by atoms with E-state index in [0.29, 0.717) is 6.54 Å². The van der Waals surface area contributed by atoms with Crippen LogP contribution in [-0.2, 0) is 4.74 Å². The number of hydrogen-bond acceptors (Lipinski definition) is 3. The molecule has 0 bridgehead atoms. The highest BCUT2D eigenvalue weighted by Crippen LogP contribution is 2.27. The number of likely N-dealkylation sites (tertiary alicyclic amines) is 1. The summed E-state index contributed by atoms with van der Waals surface area (Å²) in [6.07, 6.45) is 2.29. The number of cyclic esters (lactones) is 1. The maximum atomic E-state index is 12.3. The van der Waals surface area contributed by atoms with E-state index in [-0.39, 0.29) is 12.1 Å². The van der Waals surface area contributed by atoms with Crippen molar-refractivity contribution in [3.8, 4) is 0 Å². The van der Waals surface area contributed by atoms with Crippen molar-refractivity contribution in [1.82, 2.24) is 9.80 Å². The molecule has 1 unspecified atom stereocenters. The van der Waals surface area contributed by atoms with Crippen molar-refractivity contribution >= 4 is 12.1 Å². The van der Waals surface area contributed by atoms with Crippen LogP contribution in [0.5, 0.6) is 0 Å². The Labute approximate surface area is 118 Å². The highest BCUT2D eigenvalue weighted by Gasteiger charge is 2.38. The Bertz CT molecular complexity index is 497. The van der Waals surface area contributed by atoms with Crippen LogP contribution in [0, 0.1) is 0 Å². The van der Waals surface area contributed by atoms with Gasteiger partial charge in [-0.05, 0) is 24.8 Å². The summed E-state index contributed by atoms with van der Waals surface area (Å²) < 4.78 is 5.31. The number of amides is 3. The molecule has 3 amide bonds. The van der Waals surface area contributed by atoms with Gasteiger partial charge >= 0.3 is 12.1 Å². The maximum Gasteiger partial charge on any atom is 0.418 e. The fraction of sp³-hybridized carbons (Fsp3) is 0.467. The van der Waals surface area contributed by atoms with Gasteiger partial charge in [0.05, 0.1) is 6.54 Å². The van der Waals surface area contributed by atoms with E-state index >= 15 is 0 Å². The predicted molar refractivity (Wildman–Crippen MR) is 73.2 cm³/mol. The molecule has 20 heavy (non-hydrogen) atoms. The highest BCUT2D eigenvalue weighted by molar-refractivity contribution is 5.92. The number of urea groups is 1. The minimum absolute atomic E-state index is 0.215. The number of benzene rings is 1. The molecule has 5 nitrogen and oxygen atoms in total. The highest BCUT2D eigenvalue weighted by atomic mass is 16.6. The average Bonchev–Trinajstić information content (AvgIpc) is 2.90. The third-order valence-corrected chi connectivity index (χ3v) is 3.84. The van der Waals surface area contributed by atoms with Crippen LogP contribution in [0.4, 0.5) is 9.59 Å². The number of ether oxygens (including phenoxy) is 1. The number of hydrogen-bond donors (Lipinski definition) is 0. The molecule has 5 heteroatoms. The normalized spacial score (nSPS) is 22.8. The number of piperidine rings is 1. The summed E-state index contributed by atoms with van der Waals surface area (Å²) in [5.41, 5.74) is 0.926. The summed E-state index contributed by atoms with van der Waals surface area (Å²) in [7, 11) is 0. The van der Waals surface area contributed by atoms with Gasteiger partial charge in [-0.2, -0.15) is 0 Å². The number of imide groups is 1. The number of nitrogens with zero attached hydrogens (tertiary/aromatic N) is 2. The van der Waals surface area contributed by atoms with Gasteiger partial charge in [0.2, 0.25) is 0 Å². The lowest BCUT2D eigenvalue weighted by atomic mass is 10.1. The fourth-order valence-electron chi connectivity index (χ4n) is 2.72. The first-order valence-corrected chi connectivity index (χ1v) is 7.08. The fourth-order valence-corrected chi connectivity index (χ4v) is 2.72. The molecule has 2 heterocycles. The van der Waals surface area contributed by atoms with Gasteiger partial charge < -0.3 is 9.64 Å². The minimum Gasteiger partial charge on any atom is -0.439 e. The summed E-state index contributed by atoms with van der Waals surface area (Å²) in [5.74, 6) is 0. The molecule has 106 valence electrons. The molecule has 0 aromatic heterocycles. The first-order chi connectivity index (χ1) is 9.75. The Morgan fingerprint density at radius 3 is 2.50 bits per heavy atom. The summed E-state index contributed by atoms with van der Waals surface area (Å²) >= 11 is 0. The molecule has 0 aliphatic carbocycles. The summed E-state index contributed by atoms with van der Waals surface area (Å²) in [6.45, 7) is 1.77. The van der Waals surface area contributed by atoms with Gasteiger partial charge in [-0.3, -0.25) is 0 Å². The second kappa shape index (κ2) is 5.53. The van der Waals surface area contributed by atoms with Gasteiger partial charge in [0.15, 0.2) is 0 Å². The van der Waals surface area contributed by atoms with E-state index in [4.69, 9.17) is 4.74 Å². The van der Waals surface area contributed by atoms with E-state index < -0.39 is 6.09 Å². The third kappa shape index (κ3) is 2.48. The van der Waals surface area contributed by atoms with Gasteiger partial charge in [-0.1, -0.05) is 30.3 Å². The van der Waals surface area contributed by atoms with Crippen LogP contribution in [-0.4, -0.2) is 41.6 Å². The van der Waals surface area contributed by atoms with Crippen molar-refractivity contribution in [1.29, 1.82) is 0 Å². The molecule has 1 aromatic rings. The third-order valence-electron chi connectivity index (χ3n) is 3.84. The van der Waals surface area contributed by atoms with Crippen LogP contribution in [0.3, 0.4) is 0 Å². The molecule has 0 radical (unpaired) electrons. The Morgan fingerprint density at radius 2 is 1.80 bits per heavy atom. The van der Waals surface area contributed by atoms with Gasteiger partial charge in [0.1, 0.15) is 6.10 Å². The van der Waals surface area contributed by atoms with Crippen LogP contribution in [0.15, 0.2) is 30.3 Å². The van der Waals surface area contributed by atoms with Crippen molar-refractivity contribution < 1.29 is 14.3 Å². The van der Waals surface area contributed by atoms with Gasteiger partial charge in [-0.15, -0.1) is 0 Å². The molecule has 2 aliphatic heterocycles. The van der Waals surface area contributed by atoms with E-state index in [1.807, 2.05) is 30.3 Å². The minimum atomic E-state index is -0.533. The van der Waals surface area contributed by atoms with E-state index in [1.54, 1.807) is 4.90 Å². The van der Waals surface area contributed by atoms with Gasteiger partial charge in [-0.25, -0.2) is 14.5 Å². The number of carbonyl (C=O) groups is 2.